The molecule has 18 heteroatoms. The lowest BCUT2D eigenvalue weighted by Gasteiger charge is -2.29. The maximum atomic E-state index is 13.3. The van der Waals surface area contributed by atoms with Crippen molar-refractivity contribution in [3.63, 3.8) is 0 Å². The molecule has 1 aromatic carbocycles. The van der Waals surface area contributed by atoms with E-state index in [2.05, 4.69) is 21.3 Å². The second-order valence-corrected chi connectivity index (χ2v) is 10.6. The molecule has 0 fully saturated rings. The van der Waals surface area contributed by atoms with Gasteiger partial charge in [-0.25, -0.2) is 4.79 Å². The zero-order valence-electron chi connectivity index (χ0n) is 25.8. The van der Waals surface area contributed by atoms with E-state index < -0.39 is 103 Å². The monoisotopic (exact) mass is 661 g/mol. The van der Waals surface area contributed by atoms with Gasteiger partial charge in [0, 0.05) is 43.6 Å². The molecule has 254 valence electrons. The van der Waals surface area contributed by atoms with E-state index in [1.165, 1.54) is 25.1 Å². The van der Waals surface area contributed by atoms with Crippen molar-refractivity contribution in [3.05, 3.63) is 40.2 Å². The number of benzene rings is 1. The minimum atomic E-state index is -1.60. The normalized spacial score (nSPS) is 13.3. The van der Waals surface area contributed by atoms with Crippen LogP contribution in [-0.4, -0.2) is 98.9 Å². The Balaban J connectivity index is 2.23. The fourth-order valence-corrected chi connectivity index (χ4v) is 4.47. The topological polar surface area (TPSA) is 279 Å². The van der Waals surface area contributed by atoms with Crippen LogP contribution < -0.4 is 26.9 Å². The molecule has 1 heterocycles. The number of anilines is 1. The Kier molecular flexibility index (Phi) is 13.1. The largest absolute Gasteiger partial charge is 0.481 e. The number of fused-ring (bicyclic) bond motifs is 1. The van der Waals surface area contributed by atoms with E-state index in [1.54, 1.807) is 13.0 Å². The van der Waals surface area contributed by atoms with Gasteiger partial charge >= 0.3 is 23.5 Å². The Bertz CT molecular complexity index is 1620. The molecule has 5 amide bonds. The van der Waals surface area contributed by atoms with Crippen LogP contribution in [0.4, 0.5) is 5.69 Å². The number of hydrogen-bond acceptors (Lipinski definition) is 10. The summed E-state index contributed by atoms with van der Waals surface area (Å²) in [5.74, 6) is -9.00. The number of carboxylic acids is 3. The van der Waals surface area contributed by atoms with Gasteiger partial charge in [-0.05, 0) is 38.0 Å². The zero-order chi connectivity index (χ0) is 35.6. The van der Waals surface area contributed by atoms with E-state index in [0.717, 1.165) is 18.9 Å². The van der Waals surface area contributed by atoms with Gasteiger partial charge in [-0.15, -0.1) is 0 Å². The zero-order valence-corrected chi connectivity index (χ0v) is 25.8. The standard InChI is InChI=1S/C29H35N5O13/c1-13-9-25(42)47-21-10-16(5-6-17(13)21)32-28(45)20(12-24(40)41)34(4)29(46)14(2)30-26(43)18(7-8-22(36)37)33-27(44)19(11-23(38)39)31-15(3)35/h5-6,9-10,14,18-20H,7-8,11-12H2,1-4H3,(H,30,43)(H,31,35)(H,32,45)(H,33,44)(H,36,37)(H,38,39)(H,40,41)/t14-,18-,19-,20-/m0/s1. The minimum Gasteiger partial charge on any atom is -0.481 e. The quantitative estimate of drug-likeness (QED) is 0.108. The van der Waals surface area contributed by atoms with Crippen LogP contribution in [0.3, 0.4) is 0 Å². The van der Waals surface area contributed by atoms with Crippen molar-refractivity contribution in [1.29, 1.82) is 0 Å². The van der Waals surface area contributed by atoms with Crippen molar-refractivity contribution in [3.8, 4) is 0 Å². The van der Waals surface area contributed by atoms with Crippen LogP contribution in [0.1, 0.15) is 45.1 Å². The number of aliphatic carboxylic acids is 3. The molecule has 4 atom stereocenters. The lowest BCUT2D eigenvalue weighted by molar-refractivity contribution is -0.146. The van der Waals surface area contributed by atoms with Crippen LogP contribution in [0, 0.1) is 6.92 Å². The third-order valence-electron chi connectivity index (χ3n) is 6.79. The van der Waals surface area contributed by atoms with E-state index >= 15 is 0 Å². The van der Waals surface area contributed by atoms with E-state index in [4.69, 9.17) is 14.6 Å². The van der Waals surface area contributed by atoms with Gasteiger partial charge < -0.3 is 45.9 Å². The molecule has 0 aliphatic rings. The van der Waals surface area contributed by atoms with Crippen molar-refractivity contribution in [2.24, 2.45) is 0 Å². The number of likely N-dealkylation sites (N-methyl/N-ethyl adjacent to an activating group) is 1. The maximum absolute atomic E-state index is 13.3. The number of carbonyl (C=O) groups is 8. The van der Waals surface area contributed by atoms with Crippen LogP contribution in [0.15, 0.2) is 33.5 Å². The molecule has 7 N–H and O–H groups in total. The van der Waals surface area contributed by atoms with Gasteiger partial charge in [0.05, 0.1) is 12.8 Å². The number of rotatable bonds is 16. The Hall–Kier alpha value is -5.81. The van der Waals surface area contributed by atoms with Gasteiger partial charge in [0.2, 0.25) is 29.5 Å². The minimum absolute atomic E-state index is 0.131. The molecule has 1 aromatic heterocycles. The summed E-state index contributed by atoms with van der Waals surface area (Å²) in [5.41, 5.74) is 0.281. The van der Waals surface area contributed by atoms with E-state index in [9.17, 15) is 48.3 Å². The van der Waals surface area contributed by atoms with Crippen molar-refractivity contribution in [2.45, 2.75) is 70.6 Å². The molecule has 0 aliphatic heterocycles. The summed E-state index contributed by atoms with van der Waals surface area (Å²) in [7, 11) is 1.12. The molecule has 0 spiro atoms. The van der Waals surface area contributed by atoms with Gasteiger partial charge in [0.15, 0.2) is 0 Å². The fourth-order valence-electron chi connectivity index (χ4n) is 4.47. The molecule has 0 radical (unpaired) electrons. The first-order chi connectivity index (χ1) is 21.9. The molecule has 47 heavy (non-hydrogen) atoms. The smallest absolute Gasteiger partial charge is 0.336 e. The summed E-state index contributed by atoms with van der Waals surface area (Å²) in [6, 6.07) is -0.556. The summed E-state index contributed by atoms with van der Waals surface area (Å²) in [6.07, 6.45) is -2.80. The van der Waals surface area contributed by atoms with Gasteiger partial charge in [-0.1, -0.05) is 0 Å². The van der Waals surface area contributed by atoms with Crippen molar-refractivity contribution in [2.75, 3.05) is 12.4 Å². The maximum Gasteiger partial charge on any atom is 0.336 e. The van der Waals surface area contributed by atoms with Crippen LogP contribution in [0.25, 0.3) is 11.0 Å². The average Bonchev–Trinajstić information content (AvgIpc) is 2.95. The molecule has 0 saturated heterocycles. The number of hydrogen-bond donors (Lipinski definition) is 7. The Morgan fingerprint density at radius 2 is 1.45 bits per heavy atom. The highest BCUT2D eigenvalue weighted by Gasteiger charge is 2.34. The van der Waals surface area contributed by atoms with Gasteiger partial charge in [0.1, 0.15) is 29.8 Å². The molecule has 18 nitrogen and oxygen atoms in total. The van der Waals surface area contributed by atoms with Gasteiger partial charge in [-0.3, -0.25) is 38.4 Å². The second kappa shape index (κ2) is 16.5. The first kappa shape index (κ1) is 37.4. The molecule has 0 bridgehead atoms. The molecular formula is C29H35N5O13. The van der Waals surface area contributed by atoms with Crippen molar-refractivity contribution in [1.82, 2.24) is 20.9 Å². The SMILES string of the molecule is CC(=O)N[C@@H](CC(=O)O)C(=O)N[C@@H](CCC(=O)O)C(=O)N[C@@H](C)C(=O)N(C)[C@@H](CC(=O)O)C(=O)Nc1ccc2c(C)cc(=O)oc2c1. The van der Waals surface area contributed by atoms with Crippen LogP contribution in [0.2, 0.25) is 0 Å². The Labute approximate surface area is 266 Å². The number of aryl methyl sites for hydroxylation is 1. The number of nitrogens with one attached hydrogen (secondary N) is 4. The average molecular weight is 662 g/mol. The van der Waals surface area contributed by atoms with E-state index in [1.807, 2.05) is 0 Å². The number of nitrogens with zero attached hydrogens (tertiary/aromatic N) is 1. The first-order valence-electron chi connectivity index (χ1n) is 14.0. The highest BCUT2D eigenvalue weighted by molar-refractivity contribution is 6.01. The van der Waals surface area contributed by atoms with E-state index in [0.29, 0.717) is 10.9 Å². The molecule has 2 rings (SSSR count). The third-order valence-corrected chi connectivity index (χ3v) is 6.79. The molecule has 0 saturated carbocycles. The van der Waals surface area contributed by atoms with Crippen LogP contribution >= 0.6 is 0 Å². The van der Waals surface area contributed by atoms with Gasteiger partial charge in [0.25, 0.3) is 0 Å². The van der Waals surface area contributed by atoms with Gasteiger partial charge in [-0.2, -0.15) is 0 Å². The number of amides is 5. The number of carboxylic acid groups (broad SMARTS) is 3. The lowest BCUT2D eigenvalue weighted by atomic mass is 10.1. The van der Waals surface area contributed by atoms with Crippen LogP contribution in [0.5, 0.6) is 0 Å². The Morgan fingerprint density at radius 3 is 2.02 bits per heavy atom. The second-order valence-electron chi connectivity index (χ2n) is 10.6. The van der Waals surface area contributed by atoms with Crippen molar-refractivity contribution < 1.29 is 58.1 Å². The third kappa shape index (κ3) is 11.2. The van der Waals surface area contributed by atoms with Crippen LogP contribution in [-0.2, 0) is 38.4 Å². The molecule has 2 aromatic rings. The predicted molar refractivity (Wildman–Crippen MR) is 161 cm³/mol. The highest BCUT2D eigenvalue weighted by Crippen LogP contribution is 2.21. The van der Waals surface area contributed by atoms with Crippen molar-refractivity contribution >= 4 is 64.1 Å². The Morgan fingerprint density at radius 1 is 0.830 bits per heavy atom. The fraction of sp³-hybridized carbons (Fsp3) is 0.414. The molecule has 0 unspecified atom stereocenters. The summed E-state index contributed by atoms with van der Waals surface area (Å²) in [5, 5.41) is 37.2. The summed E-state index contributed by atoms with van der Waals surface area (Å²) >= 11 is 0. The highest BCUT2D eigenvalue weighted by atomic mass is 16.4. The summed E-state index contributed by atoms with van der Waals surface area (Å²) in [4.78, 5) is 110. The predicted octanol–water partition coefficient (Wildman–Crippen LogP) is -0.825. The number of carbonyl (C=O) groups excluding carboxylic acids is 5. The summed E-state index contributed by atoms with van der Waals surface area (Å²) in [6.45, 7) is 3.91. The van der Waals surface area contributed by atoms with E-state index in [-0.39, 0.29) is 11.3 Å². The molecular weight excluding hydrogens is 626 g/mol. The first-order valence-corrected chi connectivity index (χ1v) is 14.0. The lowest BCUT2D eigenvalue weighted by Crippen LogP contribution is -2.57. The summed E-state index contributed by atoms with van der Waals surface area (Å²) < 4.78 is 5.16. The molecule has 0 aliphatic carbocycles.